The Bertz CT molecular complexity index is 1050. The van der Waals surface area contributed by atoms with Crippen LogP contribution in [0.25, 0.3) is 11.2 Å². The van der Waals surface area contributed by atoms with Crippen LogP contribution >= 0.6 is 0 Å². The number of nitrogens with one attached hydrogen (secondary N) is 2. The maximum atomic E-state index is 9.25. The number of anilines is 1. The maximum absolute atomic E-state index is 9.25. The van der Waals surface area contributed by atoms with Crippen molar-refractivity contribution < 1.29 is 0 Å². The number of hydrogen-bond donors (Lipinski definition) is 3. The van der Waals surface area contributed by atoms with E-state index in [9.17, 15) is 5.26 Å². The van der Waals surface area contributed by atoms with Gasteiger partial charge in [0.2, 0.25) is 0 Å². The summed E-state index contributed by atoms with van der Waals surface area (Å²) in [5.41, 5.74) is 7.32. The molecule has 94 valence electrons. The standard InChI is InChI=1S/C13H7N7/c14-2-6-1-7-9(11(17)8(3-15)10(7)16)4-18-13-12(6)19-5-20-13/h1,4-5,17H,16H2,(H,18,19,20). The van der Waals surface area contributed by atoms with E-state index < -0.39 is 0 Å². The second kappa shape index (κ2) is 4.04. The summed E-state index contributed by atoms with van der Waals surface area (Å²) in [4.78, 5) is 11.0. The molecule has 20 heavy (non-hydrogen) atoms. The molecule has 0 fully saturated rings. The highest BCUT2D eigenvalue weighted by Crippen LogP contribution is 2.15. The average molecular weight is 261 g/mol. The van der Waals surface area contributed by atoms with Crippen molar-refractivity contribution in [2.24, 2.45) is 0 Å². The minimum atomic E-state index is 0.0104. The second-order valence-electron chi connectivity index (χ2n) is 4.13. The fraction of sp³-hybridized carbons (Fsp3) is 0. The summed E-state index contributed by atoms with van der Waals surface area (Å²) in [6.07, 6.45) is 2.88. The number of H-pyrrole nitrogens is 1. The van der Waals surface area contributed by atoms with Crippen LogP contribution in [-0.4, -0.2) is 15.0 Å². The van der Waals surface area contributed by atoms with Gasteiger partial charge in [0.15, 0.2) is 5.65 Å². The number of nitrogen functional groups attached to an aromatic ring is 1. The topological polar surface area (TPSA) is 139 Å². The first-order chi connectivity index (χ1) is 9.67. The van der Waals surface area contributed by atoms with E-state index in [2.05, 4.69) is 15.0 Å². The van der Waals surface area contributed by atoms with Gasteiger partial charge in [-0.15, -0.1) is 0 Å². The van der Waals surface area contributed by atoms with Crippen LogP contribution in [0.1, 0.15) is 11.1 Å². The summed E-state index contributed by atoms with van der Waals surface area (Å²) >= 11 is 0. The number of nitriles is 2. The van der Waals surface area contributed by atoms with Gasteiger partial charge in [0.05, 0.1) is 22.9 Å². The predicted octanol–water partition coefficient (Wildman–Crippen LogP) is 0.488. The summed E-state index contributed by atoms with van der Waals surface area (Å²) in [5.74, 6) is 0. The van der Waals surface area contributed by atoms with Crippen molar-refractivity contribution in [2.75, 3.05) is 5.73 Å². The zero-order chi connectivity index (χ0) is 14.3. The molecule has 1 aliphatic carbocycles. The summed E-state index contributed by atoms with van der Waals surface area (Å²) < 4.78 is 0. The van der Waals surface area contributed by atoms with Gasteiger partial charge in [-0.2, -0.15) is 10.5 Å². The molecule has 0 radical (unpaired) electrons. The van der Waals surface area contributed by atoms with Crippen LogP contribution in [-0.2, 0) is 0 Å². The van der Waals surface area contributed by atoms with Crippen molar-refractivity contribution in [3.05, 3.63) is 45.5 Å². The van der Waals surface area contributed by atoms with E-state index >= 15 is 0 Å². The van der Waals surface area contributed by atoms with Crippen LogP contribution in [0.15, 0.2) is 18.6 Å². The molecule has 3 rings (SSSR count). The van der Waals surface area contributed by atoms with Crippen molar-refractivity contribution in [3.8, 4) is 12.1 Å². The molecule has 7 heteroatoms. The van der Waals surface area contributed by atoms with Crippen molar-refractivity contribution in [2.45, 2.75) is 0 Å². The molecule has 1 aliphatic heterocycles. The predicted molar refractivity (Wildman–Crippen MR) is 68.9 cm³/mol. The Morgan fingerprint density at radius 2 is 2.00 bits per heavy atom. The fourth-order valence-corrected chi connectivity index (χ4v) is 2.10. The van der Waals surface area contributed by atoms with E-state index in [1.165, 1.54) is 12.5 Å². The number of rotatable bonds is 0. The van der Waals surface area contributed by atoms with E-state index in [0.717, 1.165) is 0 Å². The van der Waals surface area contributed by atoms with Crippen molar-refractivity contribution in [1.29, 1.82) is 15.9 Å². The molecule has 0 atom stereocenters. The van der Waals surface area contributed by atoms with E-state index in [1.54, 1.807) is 6.07 Å². The van der Waals surface area contributed by atoms with Gasteiger partial charge in [-0.05, 0) is 6.07 Å². The average Bonchev–Trinajstić information content (AvgIpc) is 2.95. The largest absolute Gasteiger partial charge is 0.397 e. The lowest BCUT2D eigenvalue weighted by Gasteiger charge is -1.90. The molecular formula is C13H7N7. The Balaban J connectivity index is 2.70. The third-order valence-electron chi connectivity index (χ3n) is 3.09. The van der Waals surface area contributed by atoms with Gasteiger partial charge in [-0.3, -0.25) is 5.41 Å². The van der Waals surface area contributed by atoms with Gasteiger partial charge in [0.1, 0.15) is 23.2 Å². The van der Waals surface area contributed by atoms with E-state index in [0.29, 0.717) is 27.2 Å². The van der Waals surface area contributed by atoms with Gasteiger partial charge in [0, 0.05) is 16.6 Å². The molecule has 0 saturated heterocycles. The number of aromatic amines is 1. The first-order valence-electron chi connectivity index (χ1n) is 5.60. The van der Waals surface area contributed by atoms with Crippen LogP contribution < -0.4 is 11.1 Å². The smallest absolute Gasteiger partial charge is 0.178 e. The second-order valence-corrected chi connectivity index (χ2v) is 4.13. The van der Waals surface area contributed by atoms with E-state index in [1.807, 2.05) is 12.1 Å². The molecule has 1 aromatic heterocycles. The maximum Gasteiger partial charge on any atom is 0.178 e. The molecular weight excluding hydrogens is 254 g/mol. The van der Waals surface area contributed by atoms with Crippen molar-refractivity contribution >= 4 is 16.9 Å². The SMILES string of the molecule is N#Cc1c(N)c2cc(C#N)c3[nH]cnc3ncc=2c1=N. The summed E-state index contributed by atoms with van der Waals surface area (Å²) in [5, 5.41) is 27.1. The first-order valence-corrected chi connectivity index (χ1v) is 5.60. The fourth-order valence-electron chi connectivity index (χ4n) is 2.10. The lowest BCUT2D eigenvalue weighted by atomic mass is 10.2. The highest BCUT2D eigenvalue weighted by atomic mass is 14.9. The Morgan fingerprint density at radius 3 is 2.70 bits per heavy atom. The molecule has 1 aromatic rings. The molecule has 7 nitrogen and oxygen atoms in total. The van der Waals surface area contributed by atoms with E-state index in [4.69, 9.17) is 16.4 Å². The highest BCUT2D eigenvalue weighted by Gasteiger charge is 2.10. The molecule has 0 unspecified atom stereocenters. The number of hydrogen-bond acceptors (Lipinski definition) is 6. The van der Waals surface area contributed by atoms with E-state index in [-0.39, 0.29) is 16.6 Å². The lowest BCUT2D eigenvalue weighted by molar-refractivity contribution is 1.22. The van der Waals surface area contributed by atoms with Crippen LogP contribution in [0.2, 0.25) is 0 Å². The molecule has 0 spiro atoms. The van der Waals surface area contributed by atoms with Crippen molar-refractivity contribution in [1.82, 2.24) is 15.0 Å². The number of nitrogens with zero attached hydrogens (tertiary/aromatic N) is 4. The highest BCUT2D eigenvalue weighted by molar-refractivity contribution is 5.76. The number of imidazole rings is 1. The van der Waals surface area contributed by atoms with Crippen LogP contribution in [0.3, 0.4) is 0 Å². The quantitative estimate of drug-likeness (QED) is 0.540. The number of nitrogens with two attached hydrogens (primary N) is 1. The van der Waals surface area contributed by atoms with Crippen LogP contribution in [0.5, 0.6) is 0 Å². The molecule has 4 N–H and O–H groups in total. The number of fused-ring (bicyclic) bond motifs is 1. The number of aromatic nitrogens is 3. The van der Waals surface area contributed by atoms with Crippen LogP contribution in [0.4, 0.5) is 5.69 Å². The first kappa shape index (κ1) is 11.6. The molecule has 0 bridgehead atoms. The summed E-state index contributed by atoms with van der Waals surface area (Å²) in [7, 11) is 0. The Hall–Kier alpha value is -3.45. The molecule has 0 saturated carbocycles. The summed E-state index contributed by atoms with van der Waals surface area (Å²) in [6.45, 7) is 0. The van der Waals surface area contributed by atoms with Gasteiger partial charge < -0.3 is 10.7 Å². The minimum Gasteiger partial charge on any atom is -0.397 e. The van der Waals surface area contributed by atoms with Crippen LogP contribution in [0, 0.1) is 38.5 Å². The minimum absolute atomic E-state index is 0.0104. The normalized spacial score (nSPS) is 10.3. The van der Waals surface area contributed by atoms with Crippen molar-refractivity contribution in [3.63, 3.8) is 0 Å². The summed E-state index contributed by atoms with van der Waals surface area (Å²) in [6, 6.07) is 5.49. The monoisotopic (exact) mass is 261 g/mol. The third-order valence-corrected chi connectivity index (χ3v) is 3.09. The third kappa shape index (κ3) is 1.41. The Kier molecular flexibility index (Phi) is 2.35. The van der Waals surface area contributed by atoms with Gasteiger partial charge in [0.25, 0.3) is 0 Å². The molecule has 0 amide bonds. The molecule has 2 heterocycles. The van der Waals surface area contributed by atoms with Gasteiger partial charge in [-0.1, -0.05) is 0 Å². The van der Waals surface area contributed by atoms with Gasteiger partial charge in [-0.25, -0.2) is 9.97 Å². The molecule has 0 aromatic carbocycles. The zero-order valence-electron chi connectivity index (χ0n) is 10.1. The zero-order valence-corrected chi connectivity index (χ0v) is 10.1. The van der Waals surface area contributed by atoms with Gasteiger partial charge >= 0.3 is 0 Å². The molecule has 2 aliphatic rings. The Morgan fingerprint density at radius 1 is 1.20 bits per heavy atom. The lowest BCUT2D eigenvalue weighted by Crippen LogP contribution is -2.02. The Labute approximate surface area is 112 Å².